The number of rotatable bonds is 9. The number of ether oxygens (including phenoxy) is 3. The third-order valence-corrected chi connectivity index (χ3v) is 4.32. The van der Waals surface area contributed by atoms with Crippen LogP contribution in [0.15, 0.2) is 35.4 Å². The highest BCUT2D eigenvalue weighted by Crippen LogP contribution is 2.34. The molecule has 0 saturated heterocycles. The van der Waals surface area contributed by atoms with E-state index < -0.39 is 5.91 Å². The maximum atomic E-state index is 12.3. The van der Waals surface area contributed by atoms with Crippen LogP contribution in [0.1, 0.15) is 36.2 Å². The second-order valence-corrected chi connectivity index (χ2v) is 7.06. The van der Waals surface area contributed by atoms with Gasteiger partial charge in [0, 0.05) is 5.56 Å². The molecular formula is C21H25ClN2O5. The van der Waals surface area contributed by atoms with Gasteiger partial charge in [-0.1, -0.05) is 25.4 Å². The number of nitrogens with one attached hydrogen (secondary N) is 1. The molecule has 0 aliphatic carbocycles. The molecule has 0 heterocycles. The van der Waals surface area contributed by atoms with E-state index in [9.17, 15) is 9.90 Å². The SMILES string of the molecule is COc1cc(C(=O)N/N=C/c2cc(Cl)c(O)c(OC)c2)ccc1OCCC(C)C. The van der Waals surface area contributed by atoms with Gasteiger partial charge in [-0.05, 0) is 48.2 Å². The lowest BCUT2D eigenvalue weighted by molar-refractivity contribution is 0.0954. The number of phenolic OH excluding ortho intramolecular Hbond substituents is 1. The first kappa shape index (κ1) is 22.4. The van der Waals surface area contributed by atoms with Gasteiger partial charge in [0.1, 0.15) is 0 Å². The second kappa shape index (κ2) is 10.6. The monoisotopic (exact) mass is 420 g/mol. The molecule has 0 saturated carbocycles. The molecule has 0 atom stereocenters. The zero-order valence-corrected chi connectivity index (χ0v) is 17.6. The zero-order valence-electron chi connectivity index (χ0n) is 16.9. The summed E-state index contributed by atoms with van der Waals surface area (Å²) in [5.74, 6) is 1.23. The summed E-state index contributed by atoms with van der Waals surface area (Å²) in [6.07, 6.45) is 2.32. The highest BCUT2D eigenvalue weighted by atomic mass is 35.5. The lowest BCUT2D eigenvalue weighted by atomic mass is 10.1. The molecule has 156 valence electrons. The summed E-state index contributed by atoms with van der Waals surface area (Å²) in [6, 6.07) is 7.97. The molecule has 1 amide bonds. The summed E-state index contributed by atoms with van der Waals surface area (Å²) in [6.45, 7) is 4.82. The van der Waals surface area contributed by atoms with E-state index in [2.05, 4.69) is 24.4 Å². The molecule has 29 heavy (non-hydrogen) atoms. The van der Waals surface area contributed by atoms with Crippen LogP contribution in [0.3, 0.4) is 0 Å². The largest absolute Gasteiger partial charge is 0.503 e. The third kappa shape index (κ3) is 6.29. The molecule has 7 nitrogen and oxygen atoms in total. The normalized spacial score (nSPS) is 11.0. The van der Waals surface area contributed by atoms with Crippen molar-refractivity contribution < 1.29 is 24.1 Å². The van der Waals surface area contributed by atoms with E-state index in [0.29, 0.717) is 35.2 Å². The number of hydrogen-bond donors (Lipinski definition) is 2. The number of carbonyl (C=O) groups is 1. The van der Waals surface area contributed by atoms with Gasteiger partial charge in [0.2, 0.25) is 0 Å². The van der Waals surface area contributed by atoms with Crippen LogP contribution in [0.25, 0.3) is 0 Å². The summed E-state index contributed by atoms with van der Waals surface area (Å²) in [4.78, 5) is 12.3. The van der Waals surface area contributed by atoms with Crippen LogP contribution < -0.4 is 19.6 Å². The van der Waals surface area contributed by atoms with Crippen molar-refractivity contribution in [2.75, 3.05) is 20.8 Å². The van der Waals surface area contributed by atoms with Gasteiger partial charge in [-0.2, -0.15) is 5.10 Å². The standard InChI is InChI=1S/C21H25ClN2O5/c1-13(2)7-8-29-17-6-5-15(11-18(17)27-3)21(26)24-23-12-14-9-16(22)20(25)19(10-14)28-4/h5-6,9-13,25H,7-8H2,1-4H3,(H,24,26)/b23-12+. The fourth-order valence-corrected chi connectivity index (χ4v) is 2.61. The Morgan fingerprint density at radius 2 is 1.90 bits per heavy atom. The van der Waals surface area contributed by atoms with Gasteiger partial charge in [0.05, 0.1) is 32.1 Å². The van der Waals surface area contributed by atoms with Crippen LogP contribution in [0.5, 0.6) is 23.0 Å². The number of benzene rings is 2. The van der Waals surface area contributed by atoms with Crippen molar-refractivity contribution in [3.05, 3.63) is 46.5 Å². The Morgan fingerprint density at radius 3 is 2.55 bits per heavy atom. The molecule has 8 heteroatoms. The maximum Gasteiger partial charge on any atom is 0.271 e. The second-order valence-electron chi connectivity index (χ2n) is 6.65. The number of hydrogen-bond acceptors (Lipinski definition) is 6. The van der Waals surface area contributed by atoms with Crippen LogP contribution in [-0.2, 0) is 0 Å². The van der Waals surface area contributed by atoms with Crippen molar-refractivity contribution in [3.63, 3.8) is 0 Å². The van der Waals surface area contributed by atoms with E-state index in [-0.39, 0.29) is 16.5 Å². The van der Waals surface area contributed by atoms with Crippen LogP contribution >= 0.6 is 11.6 Å². The minimum Gasteiger partial charge on any atom is -0.503 e. The Hall–Kier alpha value is -2.93. The Kier molecular flexibility index (Phi) is 8.15. The summed E-state index contributed by atoms with van der Waals surface area (Å²) in [5, 5.41) is 13.8. The van der Waals surface area contributed by atoms with Gasteiger partial charge >= 0.3 is 0 Å². The lowest BCUT2D eigenvalue weighted by Gasteiger charge is -2.12. The van der Waals surface area contributed by atoms with Gasteiger partial charge in [-0.15, -0.1) is 0 Å². The Bertz CT molecular complexity index is 884. The molecule has 0 fully saturated rings. The molecule has 0 unspecified atom stereocenters. The fourth-order valence-electron chi connectivity index (χ4n) is 2.39. The number of aromatic hydroxyl groups is 1. The van der Waals surface area contributed by atoms with Crippen LogP contribution in [0, 0.1) is 5.92 Å². The van der Waals surface area contributed by atoms with Crippen molar-refractivity contribution in [1.29, 1.82) is 0 Å². The summed E-state index contributed by atoms with van der Waals surface area (Å²) in [5.41, 5.74) is 3.36. The maximum absolute atomic E-state index is 12.3. The number of phenols is 1. The van der Waals surface area contributed by atoms with E-state index >= 15 is 0 Å². The van der Waals surface area contributed by atoms with Crippen molar-refractivity contribution in [2.24, 2.45) is 11.0 Å². The molecule has 0 radical (unpaired) electrons. The first-order chi connectivity index (χ1) is 13.8. The Morgan fingerprint density at radius 1 is 1.17 bits per heavy atom. The number of carbonyl (C=O) groups excluding carboxylic acids is 1. The van der Waals surface area contributed by atoms with Crippen LogP contribution in [0.2, 0.25) is 5.02 Å². The Balaban J connectivity index is 2.05. The van der Waals surface area contributed by atoms with E-state index in [4.69, 9.17) is 25.8 Å². The minimum atomic E-state index is -0.412. The molecule has 2 N–H and O–H groups in total. The van der Waals surface area contributed by atoms with E-state index in [1.807, 2.05) is 0 Å². The highest BCUT2D eigenvalue weighted by Gasteiger charge is 2.12. The number of hydrazone groups is 1. The highest BCUT2D eigenvalue weighted by molar-refractivity contribution is 6.32. The lowest BCUT2D eigenvalue weighted by Crippen LogP contribution is -2.17. The van der Waals surface area contributed by atoms with Gasteiger partial charge in [-0.25, -0.2) is 5.43 Å². The molecule has 0 bridgehead atoms. The Labute approximate surface area is 175 Å². The quantitative estimate of drug-likeness (QED) is 0.467. The number of nitrogens with zero attached hydrogens (tertiary/aromatic N) is 1. The molecular weight excluding hydrogens is 396 g/mol. The van der Waals surface area contributed by atoms with E-state index in [0.717, 1.165) is 6.42 Å². The average Bonchev–Trinajstić information content (AvgIpc) is 2.70. The van der Waals surface area contributed by atoms with Crippen molar-refractivity contribution in [3.8, 4) is 23.0 Å². The summed E-state index contributed by atoms with van der Waals surface area (Å²) < 4.78 is 16.1. The predicted molar refractivity (Wildman–Crippen MR) is 113 cm³/mol. The molecule has 2 aromatic carbocycles. The zero-order chi connectivity index (χ0) is 21.4. The molecule has 0 spiro atoms. The molecule has 0 aliphatic heterocycles. The average molecular weight is 421 g/mol. The van der Waals surface area contributed by atoms with E-state index in [1.54, 1.807) is 24.3 Å². The summed E-state index contributed by atoms with van der Waals surface area (Å²) >= 11 is 5.93. The van der Waals surface area contributed by atoms with Crippen LogP contribution in [0.4, 0.5) is 0 Å². The van der Waals surface area contributed by atoms with Crippen molar-refractivity contribution in [2.45, 2.75) is 20.3 Å². The van der Waals surface area contributed by atoms with Gasteiger partial charge in [0.25, 0.3) is 5.91 Å². The first-order valence-electron chi connectivity index (χ1n) is 9.06. The van der Waals surface area contributed by atoms with Crippen molar-refractivity contribution in [1.82, 2.24) is 5.43 Å². The van der Waals surface area contributed by atoms with Crippen molar-refractivity contribution >= 4 is 23.7 Å². The van der Waals surface area contributed by atoms with E-state index in [1.165, 1.54) is 26.5 Å². The number of amides is 1. The molecule has 0 aliphatic rings. The topological polar surface area (TPSA) is 89.4 Å². The number of halogens is 1. The number of methoxy groups -OCH3 is 2. The van der Waals surface area contributed by atoms with Gasteiger partial charge in [0.15, 0.2) is 23.0 Å². The fraction of sp³-hybridized carbons (Fsp3) is 0.333. The third-order valence-electron chi connectivity index (χ3n) is 4.03. The predicted octanol–water partition coefficient (Wildman–Crippen LogP) is 4.25. The van der Waals surface area contributed by atoms with Gasteiger partial charge < -0.3 is 19.3 Å². The van der Waals surface area contributed by atoms with Gasteiger partial charge in [-0.3, -0.25) is 4.79 Å². The smallest absolute Gasteiger partial charge is 0.271 e. The summed E-state index contributed by atoms with van der Waals surface area (Å²) in [7, 11) is 2.93. The van der Waals surface area contributed by atoms with Crippen LogP contribution in [-0.4, -0.2) is 38.1 Å². The first-order valence-corrected chi connectivity index (χ1v) is 9.44. The molecule has 0 aromatic heterocycles. The minimum absolute atomic E-state index is 0.120. The molecule has 2 aromatic rings. The molecule has 2 rings (SSSR count).